The van der Waals surface area contributed by atoms with Crippen LogP contribution in [-0.4, -0.2) is 28.7 Å². The summed E-state index contributed by atoms with van der Waals surface area (Å²) in [5.74, 6) is -0.395. The van der Waals surface area contributed by atoms with Gasteiger partial charge in [-0.05, 0) is 11.6 Å². The van der Waals surface area contributed by atoms with Gasteiger partial charge in [0.2, 0.25) is 0 Å². The minimum absolute atomic E-state index is 0.0525. The van der Waals surface area contributed by atoms with E-state index in [-0.39, 0.29) is 19.9 Å². The molecule has 0 saturated heterocycles. The van der Waals surface area contributed by atoms with Crippen LogP contribution >= 0.6 is 0 Å². The number of rotatable bonds is 7. The monoisotopic (exact) mass is 330 g/mol. The summed E-state index contributed by atoms with van der Waals surface area (Å²) in [5, 5.41) is 0. The SMILES string of the molecule is CC(=O)OCCOCn1cc(/C=C/c2ccccc2)c(=O)[nH]c1=O. The molecule has 0 aliphatic heterocycles. The first kappa shape index (κ1) is 17.4. The molecule has 0 amide bonds. The van der Waals surface area contributed by atoms with Crippen LogP contribution in [0, 0.1) is 0 Å². The van der Waals surface area contributed by atoms with E-state index in [1.807, 2.05) is 30.3 Å². The fourth-order valence-electron chi connectivity index (χ4n) is 1.90. The van der Waals surface area contributed by atoms with E-state index in [1.54, 1.807) is 12.2 Å². The van der Waals surface area contributed by atoms with E-state index in [4.69, 9.17) is 9.47 Å². The van der Waals surface area contributed by atoms with Crippen LogP contribution in [0.4, 0.5) is 0 Å². The number of benzene rings is 1. The highest BCUT2D eigenvalue weighted by atomic mass is 16.6. The van der Waals surface area contributed by atoms with Gasteiger partial charge >= 0.3 is 11.7 Å². The fraction of sp³-hybridized carbons (Fsp3) is 0.235. The third-order valence-electron chi connectivity index (χ3n) is 3.06. The van der Waals surface area contributed by atoms with Gasteiger partial charge in [-0.2, -0.15) is 0 Å². The van der Waals surface area contributed by atoms with E-state index in [9.17, 15) is 14.4 Å². The average molecular weight is 330 g/mol. The van der Waals surface area contributed by atoms with Crippen LogP contribution in [0.1, 0.15) is 18.1 Å². The molecule has 126 valence electrons. The first-order valence-electron chi connectivity index (χ1n) is 7.34. The van der Waals surface area contributed by atoms with Gasteiger partial charge in [0.15, 0.2) is 0 Å². The van der Waals surface area contributed by atoms with Gasteiger partial charge in [-0.3, -0.25) is 19.1 Å². The van der Waals surface area contributed by atoms with Gasteiger partial charge in [-0.25, -0.2) is 4.79 Å². The lowest BCUT2D eigenvalue weighted by Crippen LogP contribution is -2.31. The van der Waals surface area contributed by atoms with E-state index in [0.717, 1.165) is 5.56 Å². The van der Waals surface area contributed by atoms with Crippen molar-refractivity contribution in [3.63, 3.8) is 0 Å². The molecule has 0 unspecified atom stereocenters. The number of hydrogen-bond acceptors (Lipinski definition) is 5. The van der Waals surface area contributed by atoms with Crippen LogP contribution in [0.15, 0.2) is 46.1 Å². The highest BCUT2D eigenvalue weighted by Gasteiger charge is 2.02. The maximum Gasteiger partial charge on any atom is 0.330 e. The Bertz CT molecular complexity index is 821. The number of nitrogens with one attached hydrogen (secondary N) is 1. The smallest absolute Gasteiger partial charge is 0.330 e. The predicted octanol–water partition coefficient (Wildman–Crippen LogP) is 1.24. The molecule has 0 saturated carbocycles. The summed E-state index contributed by atoms with van der Waals surface area (Å²) in [6.45, 7) is 1.51. The Balaban J connectivity index is 2.05. The topological polar surface area (TPSA) is 90.4 Å². The van der Waals surface area contributed by atoms with Gasteiger partial charge in [-0.1, -0.05) is 36.4 Å². The Morgan fingerprint density at radius 3 is 2.62 bits per heavy atom. The molecule has 0 bridgehead atoms. The van der Waals surface area contributed by atoms with Crippen molar-refractivity contribution in [1.29, 1.82) is 0 Å². The number of carbonyl (C=O) groups excluding carboxylic acids is 1. The van der Waals surface area contributed by atoms with Crippen molar-refractivity contribution in [3.8, 4) is 0 Å². The van der Waals surface area contributed by atoms with Crippen molar-refractivity contribution in [1.82, 2.24) is 9.55 Å². The van der Waals surface area contributed by atoms with Crippen LogP contribution in [-0.2, 0) is 21.0 Å². The fourth-order valence-corrected chi connectivity index (χ4v) is 1.90. The van der Waals surface area contributed by atoms with Crippen LogP contribution in [0.5, 0.6) is 0 Å². The number of esters is 1. The molecule has 2 aromatic rings. The summed E-state index contributed by atoms with van der Waals surface area (Å²) in [7, 11) is 0. The molecule has 1 N–H and O–H groups in total. The van der Waals surface area contributed by atoms with E-state index < -0.39 is 17.2 Å². The van der Waals surface area contributed by atoms with Gasteiger partial charge in [0.1, 0.15) is 13.3 Å². The zero-order chi connectivity index (χ0) is 17.4. The quantitative estimate of drug-likeness (QED) is 0.609. The summed E-state index contributed by atoms with van der Waals surface area (Å²) in [6.07, 6.45) is 4.83. The number of hydrogen-bond donors (Lipinski definition) is 1. The van der Waals surface area contributed by atoms with Gasteiger partial charge in [-0.15, -0.1) is 0 Å². The summed E-state index contributed by atoms with van der Waals surface area (Å²) in [4.78, 5) is 36.5. The Morgan fingerprint density at radius 1 is 1.17 bits per heavy atom. The van der Waals surface area contributed by atoms with Crippen molar-refractivity contribution in [2.75, 3.05) is 13.2 Å². The van der Waals surface area contributed by atoms with Gasteiger partial charge in [0.05, 0.1) is 12.2 Å². The van der Waals surface area contributed by atoms with Crippen molar-refractivity contribution in [2.24, 2.45) is 0 Å². The second-order valence-electron chi connectivity index (χ2n) is 4.93. The summed E-state index contributed by atoms with van der Waals surface area (Å²) >= 11 is 0. The molecule has 1 heterocycles. The van der Waals surface area contributed by atoms with Crippen LogP contribution < -0.4 is 11.2 Å². The van der Waals surface area contributed by atoms with E-state index >= 15 is 0 Å². The molecule has 0 radical (unpaired) electrons. The number of ether oxygens (including phenoxy) is 2. The van der Waals surface area contributed by atoms with Crippen molar-refractivity contribution >= 4 is 18.1 Å². The molecule has 0 atom stereocenters. The molecule has 0 spiro atoms. The van der Waals surface area contributed by atoms with Gasteiger partial charge in [0, 0.05) is 13.1 Å². The Kier molecular flexibility index (Phi) is 6.27. The largest absolute Gasteiger partial charge is 0.463 e. The summed E-state index contributed by atoms with van der Waals surface area (Å²) < 4.78 is 11.2. The zero-order valence-corrected chi connectivity index (χ0v) is 13.2. The van der Waals surface area contributed by atoms with Gasteiger partial charge < -0.3 is 9.47 Å². The minimum Gasteiger partial charge on any atom is -0.463 e. The molecule has 7 heteroatoms. The molecule has 1 aromatic carbocycles. The summed E-state index contributed by atoms with van der Waals surface area (Å²) in [6, 6.07) is 9.48. The number of carbonyl (C=O) groups is 1. The first-order valence-corrected chi connectivity index (χ1v) is 7.34. The Labute approximate surface area is 138 Å². The maximum absolute atomic E-state index is 11.8. The molecular weight excluding hydrogens is 312 g/mol. The molecule has 0 fully saturated rings. The normalized spacial score (nSPS) is 10.9. The minimum atomic E-state index is -0.565. The second kappa shape index (κ2) is 8.64. The molecule has 0 aliphatic carbocycles. The van der Waals surface area contributed by atoms with Crippen molar-refractivity contribution in [3.05, 3.63) is 68.5 Å². The van der Waals surface area contributed by atoms with Crippen LogP contribution in [0.3, 0.4) is 0 Å². The number of H-pyrrole nitrogens is 1. The van der Waals surface area contributed by atoms with Crippen LogP contribution in [0.2, 0.25) is 0 Å². The van der Waals surface area contributed by atoms with E-state index in [0.29, 0.717) is 5.56 Å². The molecule has 24 heavy (non-hydrogen) atoms. The van der Waals surface area contributed by atoms with E-state index in [2.05, 4.69) is 4.98 Å². The molecule has 1 aromatic heterocycles. The molecule has 2 rings (SSSR count). The van der Waals surface area contributed by atoms with Gasteiger partial charge in [0.25, 0.3) is 5.56 Å². The number of aromatic nitrogens is 2. The second-order valence-corrected chi connectivity index (χ2v) is 4.93. The number of aromatic amines is 1. The Morgan fingerprint density at radius 2 is 1.92 bits per heavy atom. The zero-order valence-electron chi connectivity index (χ0n) is 13.2. The summed E-state index contributed by atoms with van der Waals surface area (Å²) in [5.41, 5.74) is 0.238. The first-order chi connectivity index (χ1) is 11.6. The van der Waals surface area contributed by atoms with Crippen molar-refractivity contribution < 1.29 is 14.3 Å². The Hall–Kier alpha value is -2.93. The molecule has 0 aliphatic rings. The maximum atomic E-state index is 11.8. The molecule has 7 nitrogen and oxygen atoms in total. The van der Waals surface area contributed by atoms with Crippen molar-refractivity contribution in [2.45, 2.75) is 13.7 Å². The standard InChI is InChI=1S/C17H18N2O5/c1-13(20)24-10-9-23-12-19-11-15(16(21)18-17(19)22)8-7-14-5-3-2-4-6-14/h2-8,11H,9-10,12H2,1H3,(H,18,21,22)/b8-7+. The lowest BCUT2D eigenvalue weighted by molar-refractivity contribution is -0.142. The highest BCUT2D eigenvalue weighted by Crippen LogP contribution is 2.04. The lowest BCUT2D eigenvalue weighted by atomic mass is 10.2. The van der Waals surface area contributed by atoms with E-state index in [1.165, 1.54) is 17.7 Å². The third kappa shape index (κ3) is 5.36. The molecular formula is C17H18N2O5. The van der Waals surface area contributed by atoms with Crippen LogP contribution in [0.25, 0.3) is 12.2 Å². The predicted molar refractivity (Wildman–Crippen MR) is 89.3 cm³/mol. The third-order valence-corrected chi connectivity index (χ3v) is 3.06. The average Bonchev–Trinajstić information content (AvgIpc) is 2.56. The number of nitrogens with zero attached hydrogens (tertiary/aromatic N) is 1. The lowest BCUT2D eigenvalue weighted by Gasteiger charge is -2.07. The highest BCUT2D eigenvalue weighted by molar-refractivity contribution is 5.68.